The fraction of sp³-hybridized carbons (Fsp3) is 0.250. The molecule has 0 unspecified atom stereocenters. The first-order valence-corrected chi connectivity index (χ1v) is 10.3. The van der Waals surface area contributed by atoms with E-state index < -0.39 is 11.5 Å². The predicted octanol–water partition coefficient (Wildman–Crippen LogP) is 4.52. The molecule has 0 radical (unpaired) electrons. The number of nitrogens with zero attached hydrogens (tertiary/aromatic N) is 1. The van der Waals surface area contributed by atoms with Gasteiger partial charge in [0.05, 0.1) is 25.4 Å². The zero-order chi connectivity index (χ0) is 23.6. The number of fused-ring (bicyclic) bond motifs is 1. The van der Waals surface area contributed by atoms with Crippen LogP contribution in [0.2, 0.25) is 0 Å². The fourth-order valence-corrected chi connectivity index (χ4v) is 3.51. The van der Waals surface area contributed by atoms with Gasteiger partial charge in [0, 0.05) is 23.3 Å². The molecule has 4 rings (SSSR count). The van der Waals surface area contributed by atoms with E-state index in [2.05, 4.69) is 20.4 Å². The summed E-state index contributed by atoms with van der Waals surface area (Å²) in [6.07, 6.45) is 2.15. The number of rotatable bonds is 7. The van der Waals surface area contributed by atoms with Crippen molar-refractivity contribution >= 4 is 40.1 Å². The average molecular weight is 449 g/mol. The van der Waals surface area contributed by atoms with E-state index >= 15 is 0 Å². The molecule has 1 aliphatic rings. The molecule has 0 saturated heterocycles. The third-order valence-corrected chi connectivity index (χ3v) is 5.64. The van der Waals surface area contributed by atoms with Gasteiger partial charge in [0.25, 0.3) is 0 Å². The van der Waals surface area contributed by atoms with Gasteiger partial charge in [0.2, 0.25) is 5.91 Å². The number of amides is 2. The van der Waals surface area contributed by atoms with Gasteiger partial charge >= 0.3 is 6.09 Å². The average Bonchev–Trinajstić information content (AvgIpc) is 3.63. The van der Waals surface area contributed by atoms with Gasteiger partial charge in [0.1, 0.15) is 28.4 Å². The van der Waals surface area contributed by atoms with Gasteiger partial charge in [-0.25, -0.2) is 4.79 Å². The van der Waals surface area contributed by atoms with E-state index in [0.29, 0.717) is 52.4 Å². The van der Waals surface area contributed by atoms with Crippen LogP contribution in [-0.4, -0.2) is 37.0 Å². The van der Waals surface area contributed by atoms with Crippen LogP contribution in [0.5, 0.6) is 17.2 Å². The number of hydrogen-bond acceptors (Lipinski definition) is 7. The van der Waals surface area contributed by atoms with Crippen LogP contribution < -0.4 is 20.1 Å². The number of carbonyl (C=O) groups excluding carboxylic acids is 3. The second kappa shape index (κ2) is 8.78. The summed E-state index contributed by atoms with van der Waals surface area (Å²) in [7, 11) is 2.77. The third-order valence-electron chi connectivity index (χ3n) is 5.64. The van der Waals surface area contributed by atoms with Crippen LogP contribution in [0.4, 0.5) is 16.2 Å². The summed E-state index contributed by atoms with van der Waals surface area (Å²) in [5.41, 5.74) is 0.728. The van der Waals surface area contributed by atoms with Crippen LogP contribution in [0.25, 0.3) is 10.9 Å². The molecule has 2 aromatic carbocycles. The van der Waals surface area contributed by atoms with Crippen molar-refractivity contribution in [2.75, 3.05) is 24.9 Å². The molecule has 1 aromatic heterocycles. The van der Waals surface area contributed by atoms with E-state index in [4.69, 9.17) is 9.47 Å². The maximum Gasteiger partial charge on any atom is 0.411 e. The molecule has 1 aliphatic carbocycles. The third kappa shape index (κ3) is 4.43. The number of ketones is 1. The Labute approximate surface area is 190 Å². The smallest absolute Gasteiger partial charge is 0.411 e. The number of pyridine rings is 1. The van der Waals surface area contributed by atoms with Crippen LogP contribution in [0.15, 0.2) is 48.7 Å². The number of carbonyl (C=O) groups is 3. The lowest BCUT2D eigenvalue weighted by Gasteiger charge is -2.14. The molecule has 0 aliphatic heterocycles. The minimum Gasteiger partial charge on any atom is -0.494 e. The maximum atomic E-state index is 12.4. The van der Waals surface area contributed by atoms with Crippen molar-refractivity contribution in [3.05, 3.63) is 48.7 Å². The van der Waals surface area contributed by atoms with Gasteiger partial charge in [-0.2, -0.15) is 0 Å². The maximum absolute atomic E-state index is 12.4. The van der Waals surface area contributed by atoms with E-state index in [9.17, 15) is 14.4 Å². The quantitative estimate of drug-likeness (QED) is 0.509. The van der Waals surface area contributed by atoms with E-state index in [0.717, 1.165) is 0 Å². The summed E-state index contributed by atoms with van der Waals surface area (Å²) in [6.45, 7) is 1.45. The molecule has 2 amide bonds. The lowest BCUT2D eigenvalue weighted by molar-refractivity contribution is -0.131. The molecule has 9 heteroatoms. The summed E-state index contributed by atoms with van der Waals surface area (Å²) in [4.78, 5) is 40.2. The van der Waals surface area contributed by atoms with Crippen molar-refractivity contribution < 1.29 is 28.6 Å². The van der Waals surface area contributed by atoms with Crippen molar-refractivity contribution in [1.29, 1.82) is 0 Å². The second-order valence-electron chi connectivity index (χ2n) is 7.71. The number of aromatic nitrogens is 1. The number of hydrogen-bond donors (Lipinski definition) is 2. The fourth-order valence-electron chi connectivity index (χ4n) is 3.51. The van der Waals surface area contributed by atoms with Crippen LogP contribution in [0.1, 0.15) is 19.8 Å². The Hall–Kier alpha value is -4.14. The predicted molar refractivity (Wildman–Crippen MR) is 122 cm³/mol. The number of nitrogens with one attached hydrogen (secondary N) is 2. The Morgan fingerprint density at radius 3 is 2.30 bits per heavy atom. The topological polar surface area (TPSA) is 116 Å². The normalized spacial score (nSPS) is 13.7. The number of benzene rings is 2. The van der Waals surface area contributed by atoms with Gasteiger partial charge < -0.3 is 19.5 Å². The van der Waals surface area contributed by atoms with Gasteiger partial charge in [-0.1, -0.05) is 0 Å². The molecule has 1 saturated carbocycles. The number of Topliss-reactive ketones (excluding diaryl/α,β-unsaturated/α-hetero) is 1. The SMILES string of the molecule is COC(=O)Nc1cc2c(Oc3ccc(NC(=O)C4(C(C)=O)CC4)cc3)ccnc2cc1OC. The van der Waals surface area contributed by atoms with Crippen LogP contribution in [-0.2, 0) is 14.3 Å². The molecule has 170 valence electrons. The Balaban J connectivity index is 1.56. The highest BCUT2D eigenvalue weighted by Crippen LogP contribution is 2.47. The summed E-state index contributed by atoms with van der Waals surface area (Å²) < 4.78 is 16.0. The van der Waals surface area contributed by atoms with E-state index in [1.54, 1.807) is 48.7 Å². The minimum absolute atomic E-state index is 0.109. The first-order chi connectivity index (χ1) is 15.9. The first kappa shape index (κ1) is 22.1. The summed E-state index contributed by atoms with van der Waals surface area (Å²) in [6, 6.07) is 11.9. The highest BCUT2D eigenvalue weighted by Gasteiger charge is 2.54. The molecule has 1 heterocycles. The highest BCUT2D eigenvalue weighted by atomic mass is 16.5. The second-order valence-corrected chi connectivity index (χ2v) is 7.71. The van der Waals surface area contributed by atoms with Crippen molar-refractivity contribution in [2.24, 2.45) is 5.41 Å². The van der Waals surface area contributed by atoms with Gasteiger partial charge in [-0.05, 0) is 56.2 Å². The summed E-state index contributed by atoms with van der Waals surface area (Å²) in [5, 5.41) is 6.06. The first-order valence-electron chi connectivity index (χ1n) is 10.3. The largest absolute Gasteiger partial charge is 0.494 e. The van der Waals surface area contributed by atoms with Crippen LogP contribution in [0.3, 0.4) is 0 Å². The van der Waals surface area contributed by atoms with Crippen LogP contribution in [0, 0.1) is 5.41 Å². The molecular formula is C24H23N3O6. The van der Waals surface area contributed by atoms with Crippen molar-refractivity contribution in [1.82, 2.24) is 4.98 Å². The number of anilines is 2. The standard InChI is InChI=1S/C24H23N3O6/c1-14(28)24(9-10-24)22(29)26-15-4-6-16(7-5-15)33-20-8-11-25-18-13-21(31-2)19(12-17(18)20)27-23(30)32-3/h4-8,11-13H,9-10H2,1-3H3,(H,26,29)(H,27,30). The molecule has 0 spiro atoms. The monoisotopic (exact) mass is 449 g/mol. The van der Waals surface area contributed by atoms with E-state index in [1.165, 1.54) is 21.1 Å². The van der Waals surface area contributed by atoms with Crippen LogP contribution >= 0.6 is 0 Å². The highest BCUT2D eigenvalue weighted by molar-refractivity contribution is 6.13. The Bertz CT molecular complexity index is 1230. The molecule has 1 fully saturated rings. The van der Waals surface area contributed by atoms with Crippen molar-refractivity contribution in [3.8, 4) is 17.2 Å². The summed E-state index contributed by atoms with van der Waals surface area (Å²) >= 11 is 0. The summed E-state index contributed by atoms with van der Waals surface area (Å²) in [5.74, 6) is 1.09. The minimum atomic E-state index is -0.873. The van der Waals surface area contributed by atoms with Gasteiger partial charge in [-0.15, -0.1) is 0 Å². The van der Waals surface area contributed by atoms with Gasteiger partial charge in [-0.3, -0.25) is 19.9 Å². The Morgan fingerprint density at radius 1 is 0.970 bits per heavy atom. The molecule has 9 nitrogen and oxygen atoms in total. The van der Waals surface area contributed by atoms with E-state index in [-0.39, 0.29) is 11.7 Å². The van der Waals surface area contributed by atoms with Crippen molar-refractivity contribution in [3.63, 3.8) is 0 Å². The Kier molecular flexibility index (Phi) is 5.87. The number of methoxy groups -OCH3 is 2. The van der Waals surface area contributed by atoms with Crippen molar-refractivity contribution in [2.45, 2.75) is 19.8 Å². The zero-order valence-electron chi connectivity index (χ0n) is 18.4. The van der Waals surface area contributed by atoms with Gasteiger partial charge in [0.15, 0.2) is 0 Å². The molecule has 3 aromatic rings. The Morgan fingerprint density at radius 2 is 1.70 bits per heavy atom. The molecule has 0 bridgehead atoms. The molecule has 33 heavy (non-hydrogen) atoms. The molecule has 0 atom stereocenters. The lowest BCUT2D eigenvalue weighted by atomic mass is 10.0. The molecule has 2 N–H and O–H groups in total. The number of ether oxygens (including phenoxy) is 3. The zero-order valence-corrected chi connectivity index (χ0v) is 18.4. The molecular weight excluding hydrogens is 426 g/mol. The lowest BCUT2D eigenvalue weighted by Crippen LogP contribution is -2.29. The van der Waals surface area contributed by atoms with E-state index in [1.807, 2.05) is 0 Å².